The van der Waals surface area contributed by atoms with Crippen LogP contribution in [0.1, 0.15) is 12.0 Å². The zero-order valence-electron chi connectivity index (χ0n) is 8.37. The van der Waals surface area contributed by atoms with Crippen LogP contribution in [0.3, 0.4) is 0 Å². The number of aliphatic hydroxyl groups excluding tert-OH is 1. The molecule has 0 radical (unpaired) electrons. The highest BCUT2D eigenvalue weighted by atomic mass is 19.3. The Morgan fingerprint density at radius 1 is 1.27 bits per heavy atom. The molecule has 0 fully saturated rings. The molecule has 0 spiro atoms. The van der Waals surface area contributed by atoms with Crippen LogP contribution in [-0.2, 0) is 6.42 Å². The molecule has 0 unspecified atom stereocenters. The van der Waals surface area contributed by atoms with Crippen molar-refractivity contribution in [2.45, 2.75) is 19.3 Å². The number of benzene rings is 1. The Bertz CT molecular complexity index is 307. The number of rotatable bonds is 5. The lowest BCUT2D eigenvalue weighted by atomic mass is 10.0. The van der Waals surface area contributed by atoms with E-state index in [1.54, 1.807) is 0 Å². The van der Waals surface area contributed by atoms with E-state index in [9.17, 15) is 8.78 Å². The van der Waals surface area contributed by atoms with Gasteiger partial charge in [0.1, 0.15) is 0 Å². The van der Waals surface area contributed by atoms with Gasteiger partial charge in [-0.05, 0) is 24.0 Å². The highest BCUT2D eigenvalue weighted by Gasteiger charge is 2.10. The van der Waals surface area contributed by atoms with Crippen LogP contribution >= 0.6 is 0 Å². The Kier molecular flexibility index (Phi) is 4.98. The van der Waals surface area contributed by atoms with Gasteiger partial charge in [-0.15, -0.1) is 0 Å². The van der Waals surface area contributed by atoms with Crippen molar-refractivity contribution in [1.29, 1.82) is 0 Å². The first kappa shape index (κ1) is 11.9. The quantitative estimate of drug-likeness (QED) is 0.744. The Hall–Kier alpha value is -1.22. The summed E-state index contributed by atoms with van der Waals surface area (Å²) in [5.74, 6) is 0. The van der Waals surface area contributed by atoms with Gasteiger partial charge in [-0.2, -0.15) is 0 Å². The lowest BCUT2D eigenvalue weighted by Crippen LogP contribution is -2.00. The second kappa shape index (κ2) is 6.30. The fourth-order valence-electron chi connectivity index (χ4n) is 1.35. The summed E-state index contributed by atoms with van der Waals surface area (Å²) in [5, 5.41) is 8.57. The van der Waals surface area contributed by atoms with Gasteiger partial charge >= 0.3 is 0 Å². The summed E-state index contributed by atoms with van der Waals surface area (Å²) < 4.78 is 24.8. The van der Waals surface area contributed by atoms with Crippen LogP contribution in [0.25, 0.3) is 0 Å². The molecule has 1 nitrogen and oxygen atoms in total. The SMILES string of the molecule is OC/C=C(\CCc1ccccc1)C(F)F. The molecule has 3 heteroatoms. The second-order valence-electron chi connectivity index (χ2n) is 3.25. The van der Waals surface area contributed by atoms with Gasteiger partial charge in [0.25, 0.3) is 6.43 Å². The summed E-state index contributed by atoms with van der Waals surface area (Å²) in [4.78, 5) is 0. The summed E-state index contributed by atoms with van der Waals surface area (Å²) >= 11 is 0. The molecule has 1 aromatic carbocycles. The molecule has 1 rings (SSSR count). The molecule has 0 aliphatic heterocycles. The summed E-state index contributed by atoms with van der Waals surface area (Å²) in [6.07, 6.45) is -0.409. The van der Waals surface area contributed by atoms with Crippen molar-refractivity contribution in [3.05, 3.63) is 47.5 Å². The first-order chi connectivity index (χ1) is 7.24. The molecular formula is C12H14F2O. The van der Waals surface area contributed by atoms with Gasteiger partial charge in [-0.25, -0.2) is 8.78 Å². The summed E-state index contributed by atoms with van der Waals surface area (Å²) in [6, 6.07) is 9.46. The first-order valence-corrected chi connectivity index (χ1v) is 4.86. The van der Waals surface area contributed by atoms with Gasteiger partial charge in [0.05, 0.1) is 6.61 Å². The molecule has 82 valence electrons. The molecule has 0 atom stereocenters. The number of hydrogen-bond acceptors (Lipinski definition) is 1. The molecule has 0 bridgehead atoms. The molecule has 0 aromatic heterocycles. The summed E-state index contributed by atoms with van der Waals surface area (Å²) in [6.45, 7) is -0.325. The third-order valence-corrected chi connectivity index (χ3v) is 2.18. The predicted molar refractivity (Wildman–Crippen MR) is 55.9 cm³/mol. The van der Waals surface area contributed by atoms with E-state index in [0.717, 1.165) is 5.56 Å². The van der Waals surface area contributed by atoms with Gasteiger partial charge < -0.3 is 5.11 Å². The normalized spacial score (nSPS) is 12.1. The Morgan fingerprint density at radius 2 is 1.93 bits per heavy atom. The van der Waals surface area contributed by atoms with E-state index >= 15 is 0 Å². The largest absolute Gasteiger partial charge is 0.392 e. The molecule has 0 heterocycles. The van der Waals surface area contributed by atoms with E-state index in [4.69, 9.17) is 5.11 Å². The Labute approximate surface area is 88.1 Å². The minimum Gasteiger partial charge on any atom is -0.392 e. The maximum atomic E-state index is 12.4. The molecule has 1 aromatic rings. The topological polar surface area (TPSA) is 20.2 Å². The van der Waals surface area contributed by atoms with Crippen LogP contribution in [0, 0.1) is 0 Å². The van der Waals surface area contributed by atoms with Crippen LogP contribution in [-0.4, -0.2) is 18.1 Å². The van der Waals surface area contributed by atoms with Gasteiger partial charge in [-0.1, -0.05) is 36.4 Å². The van der Waals surface area contributed by atoms with E-state index < -0.39 is 6.43 Å². The average molecular weight is 212 g/mol. The van der Waals surface area contributed by atoms with Crippen LogP contribution in [0.4, 0.5) is 8.78 Å². The zero-order chi connectivity index (χ0) is 11.1. The van der Waals surface area contributed by atoms with Crippen molar-refractivity contribution in [1.82, 2.24) is 0 Å². The molecule has 1 N–H and O–H groups in total. The fraction of sp³-hybridized carbons (Fsp3) is 0.333. The third kappa shape index (κ3) is 4.21. The van der Waals surface area contributed by atoms with Crippen LogP contribution < -0.4 is 0 Å². The summed E-state index contributed by atoms with van der Waals surface area (Å²) in [7, 11) is 0. The van der Waals surface area contributed by atoms with Gasteiger partial charge in [0.15, 0.2) is 0 Å². The number of halogens is 2. The second-order valence-corrected chi connectivity index (χ2v) is 3.25. The van der Waals surface area contributed by atoms with Gasteiger partial charge in [0, 0.05) is 0 Å². The van der Waals surface area contributed by atoms with Gasteiger partial charge in [0.2, 0.25) is 0 Å². The molecular weight excluding hydrogens is 198 g/mol. The molecule has 0 saturated carbocycles. The highest BCUT2D eigenvalue weighted by Crippen LogP contribution is 2.15. The first-order valence-electron chi connectivity index (χ1n) is 4.86. The standard InChI is InChI=1S/C12H14F2O/c13-12(14)11(8-9-15)7-6-10-4-2-1-3-5-10/h1-5,8,12,15H,6-7,9H2/b11-8+. The van der Waals surface area contributed by atoms with E-state index in [2.05, 4.69) is 0 Å². The van der Waals surface area contributed by atoms with Crippen LogP contribution in [0.15, 0.2) is 42.0 Å². The molecule has 0 saturated heterocycles. The lowest BCUT2D eigenvalue weighted by Gasteiger charge is -2.05. The van der Waals surface area contributed by atoms with Gasteiger partial charge in [-0.3, -0.25) is 0 Å². The third-order valence-electron chi connectivity index (χ3n) is 2.18. The van der Waals surface area contributed by atoms with Crippen molar-refractivity contribution < 1.29 is 13.9 Å². The van der Waals surface area contributed by atoms with E-state index in [-0.39, 0.29) is 12.2 Å². The average Bonchev–Trinajstić information content (AvgIpc) is 2.25. The van der Waals surface area contributed by atoms with Crippen molar-refractivity contribution in [3.8, 4) is 0 Å². The summed E-state index contributed by atoms with van der Waals surface area (Å²) in [5.41, 5.74) is 1.04. The van der Waals surface area contributed by atoms with Crippen LogP contribution in [0.2, 0.25) is 0 Å². The number of allylic oxidation sites excluding steroid dienone is 1. The zero-order valence-corrected chi connectivity index (χ0v) is 8.37. The fourth-order valence-corrected chi connectivity index (χ4v) is 1.35. The smallest absolute Gasteiger partial charge is 0.260 e. The Balaban J connectivity index is 2.51. The van der Waals surface area contributed by atoms with Crippen molar-refractivity contribution in [3.63, 3.8) is 0 Å². The van der Waals surface area contributed by atoms with Crippen LogP contribution in [0.5, 0.6) is 0 Å². The lowest BCUT2D eigenvalue weighted by molar-refractivity contribution is 0.183. The van der Waals surface area contributed by atoms with Crippen molar-refractivity contribution in [2.75, 3.05) is 6.61 Å². The Morgan fingerprint density at radius 3 is 2.47 bits per heavy atom. The number of aliphatic hydroxyl groups is 1. The number of alkyl halides is 2. The van der Waals surface area contributed by atoms with E-state index in [0.29, 0.717) is 12.8 Å². The monoisotopic (exact) mass is 212 g/mol. The minimum atomic E-state index is -2.47. The predicted octanol–water partition coefficient (Wildman–Crippen LogP) is 2.80. The minimum absolute atomic E-state index is 0.0151. The molecule has 0 aliphatic carbocycles. The van der Waals surface area contributed by atoms with E-state index in [1.165, 1.54) is 6.08 Å². The van der Waals surface area contributed by atoms with Crippen molar-refractivity contribution in [2.24, 2.45) is 0 Å². The molecule has 0 amide bonds. The van der Waals surface area contributed by atoms with E-state index in [1.807, 2.05) is 30.3 Å². The number of aryl methyl sites for hydroxylation is 1. The van der Waals surface area contributed by atoms with Crippen molar-refractivity contribution >= 4 is 0 Å². The molecule has 15 heavy (non-hydrogen) atoms. The maximum Gasteiger partial charge on any atom is 0.260 e. The molecule has 0 aliphatic rings. The number of hydrogen-bond donors (Lipinski definition) is 1. The maximum absolute atomic E-state index is 12.4. The highest BCUT2D eigenvalue weighted by molar-refractivity contribution is 5.17.